The first-order valence-corrected chi connectivity index (χ1v) is 4.87. The average Bonchev–Trinajstić information content (AvgIpc) is 2.05. The van der Waals surface area contributed by atoms with E-state index in [1.54, 1.807) is 0 Å². The lowest BCUT2D eigenvalue weighted by Gasteiger charge is -2.13. The minimum Gasteiger partial charge on any atom is -0.310 e. The third-order valence-electron chi connectivity index (χ3n) is 1.78. The van der Waals surface area contributed by atoms with Crippen molar-refractivity contribution in [1.82, 2.24) is 10.3 Å². The molecule has 3 heteroatoms. The summed E-state index contributed by atoms with van der Waals surface area (Å²) in [6.07, 6.45) is 3.64. The molecule has 0 aromatic carbocycles. The first-order chi connectivity index (χ1) is 5.75. The number of rotatable bonds is 3. The van der Waals surface area contributed by atoms with Crippen LogP contribution in [0.1, 0.15) is 25.5 Å². The highest BCUT2D eigenvalue weighted by Gasteiger charge is 2.06. The number of aromatic nitrogens is 1. The molecule has 0 fully saturated rings. The molecular formula is C9H13BrN2. The Hall–Kier alpha value is -0.410. The Balaban J connectivity index is 2.79. The molecule has 1 aromatic rings. The number of nitrogens with zero attached hydrogens (tertiary/aromatic N) is 1. The van der Waals surface area contributed by atoms with E-state index >= 15 is 0 Å². The van der Waals surface area contributed by atoms with Crippen LogP contribution in [-0.2, 0) is 0 Å². The van der Waals surface area contributed by atoms with Gasteiger partial charge in [-0.15, -0.1) is 0 Å². The molecule has 1 aromatic heterocycles. The molecule has 1 N–H and O–H groups in total. The van der Waals surface area contributed by atoms with Crippen molar-refractivity contribution in [2.24, 2.45) is 0 Å². The van der Waals surface area contributed by atoms with E-state index in [1.165, 1.54) is 5.56 Å². The Kier molecular flexibility index (Phi) is 3.69. The minimum absolute atomic E-state index is 0.382. The molecule has 0 amide bonds. The SMILES string of the molecule is CCNC(C)c1ccncc1Br. The fourth-order valence-electron chi connectivity index (χ4n) is 1.15. The smallest absolute Gasteiger partial charge is 0.0413 e. The third kappa shape index (κ3) is 2.29. The zero-order chi connectivity index (χ0) is 8.97. The van der Waals surface area contributed by atoms with Gasteiger partial charge in [0.1, 0.15) is 0 Å². The average molecular weight is 229 g/mol. The Bertz CT molecular complexity index is 250. The van der Waals surface area contributed by atoms with Crippen molar-refractivity contribution in [3.05, 3.63) is 28.5 Å². The molecule has 1 atom stereocenters. The number of hydrogen-bond donors (Lipinski definition) is 1. The Morgan fingerprint density at radius 2 is 2.42 bits per heavy atom. The van der Waals surface area contributed by atoms with Gasteiger partial charge in [0.25, 0.3) is 0 Å². The van der Waals surface area contributed by atoms with Crippen LogP contribution in [0.5, 0.6) is 0 Å². The molecule has 1 rings (SSSR count). The van der Waals surface area contributed by atoms with Crippen molar-refractivity contribution in [1.29, 1.82) is 0 Å². The summed E-state index contributed by atoms with van der Waals surface area (Å²) in [5, 5.41) is 3.34. The third-order valence-corrected chi connectivity index (χ3v) is 2.44. The van der Waals surface area contributed by atoms with Gasteiger partial charge in [-0.05, 0) is 41.0 Å². The van der Waals surface area contributed by atoms with Crippen molar-refractivity contribution in [2.75, 3.05) is 6.54 Å². The minimum atomic E-state index is 0.382. The monoisotopic (exact) mass is 228 g/mol. The summed E-state index contributed by atoms with van der Waals surface area (Å²) < 4.78 is 1.07. The fourth-order valence-corrected chi connectivity index (χ4v) is 1.75. The molecule has 0 aliphatic carbocycles. The van der Waals surface area contributed by atoms with E-state index in [9.17, 15) is 0 Å². The van der Waals surface area contributed by atoms with Gasteiger partial charge in [-0.1, -0.05) is 6.92 Å². The molecule has 0 bridgehead atoms. The highest BCUT2D eigenvalue weighted by atomic mass is 79.9. The predicted molar refractivity (Wildman–Crippen MR) is 54.0 cm³/mol. The van der Waals surface area contributed by atoms with Gasteiger partial charge in [-0.3, -0.25) is 4.98 Å². The predicted octanol–water partition coefficient (Wildman–Crippen LogP) is 2.51. The van der Waals surface area contributed by atoms with Crippen molar-refractivity contribution in [2.45, 2.75) is 19.9 Å². The van der Waals surface area contributed by atoms with Gasteiger partial charge in [-0.2, -0.15) is 0 Å². The summed E-state index contributed by atoms with van der Waals surface area (Å²) in [6.45, 7) is 5.23. The van der Waals surface area contributed by atoms with Gasteiger partial charge in [0.2, 0.25) is 0 Å². The Labute approximate surface area is 81.5 Å². The summed E-state index contributed by atoms with van der Waals surface area (Å²) in [4.78, 5) is 4.01. The van der Waals surface area contributed by atoms with Crippen LogP contribution in [0.2, 0.25) is 0 Å². The van der Waals surface area contributed by atoms with Crippen molar-refractivity contribution in [3.63, 3.8) is 0 Å². The maximum absolute atomic E-state index is 4.01. The van der Waals surface area contributed by atoms with Gasteiger partial charge in [0, 0.05) is 22.9 Å². The summed E-state index contributed by atoms with van der Waals surface area (Å²) in [5.74, 6) is 0. The Morgan fingerprint density at radius 1 is 1.67 bits per heavy atom. The Morgan fingerprint density at radius 3 is 3.00 bits per heavy atom. The summed E-state index contributed by atoms with van der Waals surface area (Å²) in [5.41, 5.74) is 1.26. The number of pyridine rings is 1. The van der Waals surface area contributed by atoms with Crippen molar-refractivity contribution < 1.29 is 0 Å². The van der Waals surface area contributed by atoms with Crippen molar-refractivity contribution in [3.8, 4) is 0 Å². The molecule has 0 saturated heterocycles. The number of nitrogens with one attached hydrogen (secondary N) is 1. The zero-order valence-electron chi connectivity index (χ0n) is 7.34. The van der Waals surface area contributed by atoms with E-state index in [0.717, 1.165) is 11.0 Å². The van der Waals surface area contributed by atoms with E-state index in [2.05, 4.69) is 40.1 Å². The molecule has 0 spiro atoms. The molecule has 66 valence electrons. The lowest BCUT2D eigenvalue weighted by molar-refractivity contribution is 0.595. The number of hydrogen-bond acceptors (Lipinski definition) is 2. The molecule has 0 radical (unpaired) electrons. The summed E-state index contributed by atoms with van der Waals surface area (Å²) in [6, 6.07) is 2.41. The fraction of sp³-hybridized carbons (Fsp3) is 0.444. The first-order valence-electron chi connectivity index (χ1n) is 4.08. The van der Waals surface area contributed by atoms with Gasteiger partial charge in [0.05, 0.1) is 0 Å². The molecule has 0 saturated carbocycles. The standard InChI is InChI=1S/C9H13BrN2/c1-3-12-7(2)8-4-5-11-6-9(8)10/h4-7,12H,3H2,1-2H3. The quantitative estimate of drug-likeness (QED) is 0.861. The van der Waals surface area contributed by atoms with Gasteiger partial charge in [-0.25, -0.2) is 0 Å². The second kappa shape index (κ2) is 4.58. The molecule has 1 heterocycles. The van der Waals surface area contributed by atoms with E-state index in [0.29, 0.717) is 6.04 Å². The van der Waals surface area contributed by atoms with Crippen LogP contribution in [-0.4, -0.2) is 11.5 Å². The van der Waals surface area contributed by atoms with Crippen LogP contribution < -0.4 is 5.32 Å². The first kappa shape index (κ1) is 9.68. The van der Waals surface area contributed by atoms with Crippen molar-refractivity contribution >= 4 is 15.9 Å². The lowest BCUT2D eigenvalue weighted by Crippen LogP contribution is -2.18. The largest absolute Gasteiger partial charge is 0.310 e. The normalized spacial score (nSPS) is 12.9. The number of halogens is 1. The highest BCUT2D eigenvalue weighted by molar-refractivity contribution is 9.10. The van der Waals surface area contributed by atoms with E-state index in [4.69, 9.17) is 0 Å². The molecule has 0 aliphatic heterocycles. The van der Waals surface area contributed by atoms with Gasteiger partial charge >= 0.3 is 0 Å². The van der Waals surface area contributed by atoms with E-state index in [-0.39, 0.29) is 0 Å². The van der Waals surface area contributed by atoms with E-state index < -0.39 is 0 Å². The molecular weight excluding hydrogens is 216 g/mol. The van der Waals surface area contributed by atoms with Crippen LogP contribution in [0.25, 0.3) is 0 Å². The van der Waals surface area contributed by atoms with Gasteiger partial charge < -0.3 is 5.32 Å². The van der Waals surface area contributed by atoms with Crippen LogP contribution in [0.15, 0.2) is 22.9 Å². The maximum atomic E-state index is 4.01. The molecule has 1 unspecified atom stereocenters. The molecule has 2 nitrogen and oxygen atoms in total. The zero-order valence-corrected chi connectivity index (χ0v) is 8.93. The lowest BCUT2D eigenvalue weighted by atomic mass is 10.1. The topological polar surface area (TPSA) is 24.9 Å². The van der Waals surface area contributed by atoms with Crippen LogP contribution in [0.3, 0.4) is 0 Å². The van der Waals surface area contributed by atoms with E-state index in [1.807, 2.05) is 18.5 Å². The van der Waals surface area contributed by atoms with Crippen LogP contribution >= 0.6 is 15.9 Å². The maximum Gasteiger partial charge on any atom is 0.0413 e. The van der Waals surface area contributed by atoms with Crippen LogP contribution in [0.4, 0.5) is 0 Å². The summed E-state index contributed by atoms with van der Waals surface area (Å²) in [7, 11) is 0. The second-order valence-corrected chi connectivity index (χ2v) is 3.53. The molecule has 0 aliphatic rings. The van der Waals surface area contributed by atoms with Gasteiger partial charge in [0.15, 0.2) is 0 Å². The van der Waals surface area contributed by atoms with Crippen LogP contribution in [0, 0.1) is 0 Å². The second-order valence-electron chi connectivity index (χ2n) is 2.68. The molecule has 12 heavy (non-hydrogen) atoms. The highest BCUT2D eigenvalue weighted by Crippen LogP contribution is 2.21. The summed E-state index contributed by atoms with van der Waals surface area (Å²) >= 11 is 3.46.